The van der Waals surface area contributed by atoms with E-state index in [0.29, 0.717) is 27.9 Å². The Morgan fingerprint density at radius 3 is 2.52 bits per heavy atom. The Hall–Kier alpha value is -2.01. The fourth-order valence-corrected chi connectivity index (χ4v) is 2.14. The number of halogens is 2. The third-order valence-electron chi connectivity index (χ3n) is 2.98. The SMILES string of the molecule is O=C(O)CC=C(NOCc1ccccc1)c1ccc(Cl)c(Cl)c1. The van der Waals surface area contributed by atoms with E-state index in [1.807, 2.05) is 30.3 Å². The summed E-state index contributed by atoms with van der Waals surface area (Å²) in [6.45, 7) is 0.340. The lowest BCUT2D eigenvalue weighted by atomic mass is 10.1. The molecule has 2 N–H and O–H groups in total. The summed E-state index contributed by atoms with van der Waals surface area (Å²) in [5, 5.41) is 9.66. The average molecular weight is 352 g/mol. The largest absolute Gasteiger partial charge is 0.481 e. The molecule has 0 unspecified atom stereocenters. The fourth-order valence-electron chi connectivity index (χ4n) is 1.84. The monoisotopic (exact) mass is 351 g/mol. The summed E-state index contributed by atoms with van der Waals surface area (Å²) in [6.07, 6.45) is 1.38. The maximum Gasteiger partial charge on any atom is 0.307 e. The Labute approximate surface area is 144 Å². The van der Waals surface area contributed by atoms with Gasteiger partial charge in [-0.15, -0.1) is 0 Å². The van der Waals surface area contributed by atoms with Crippen molar-refractivity contribution in [1.82, 2.24) is 5.48 Å². The van der Waals surface area contributed by atoms with E-state index in [0.717, 1.165) is 5.56 Å². The van der Waals surface area contributed by atoms with Crippen molar-refractivity contribution in [3.8, 4) is 0 Å². The van der Waals surface area contributed by atoms with Crippen molar-refractivity contribution in [1.29, 1.82) is 0 Å². The summed E-state index contributed by atoms with van der Waals surface area (Å²) >= 11 is 11.9. The molecule has 0 saturated heterocycles. The third-order valence-corrected chi connectivity index (χ3v) is 3.71. The van der Waals surface area contributed by atoms with Crippen LogP contribution in [0.1, 0.15) is 17.5 Å². The first-order chi connectivity index (χ1) is 11.1. The maximum atomic E-state index is 10.8. The minimum absolute atomic E-state index is 0.142. The van der Waals surface area contributed by atoms with Crippen molar-refractivity contribution in [2.75, 3.05) is 0 Å². The van der Waals surface area contributed by atoms with Crippen LogP contribution in [0.25, 0.3) is 5.70 Å². The Kier molecular flexibility index (Phi) is 6.47. The molecule has 23 heavy (non-hydrogen) atoms. The van der Waals surface area contributed by atoms with Crippen molar-refractivity contribution >= 4 is 34.9 Å². The van der Waals surface area contributed by atoms with Gasteiger partial charge in [0.1, 0.15) is 0 Å². The molecule has 0 heterocycles. The van der Waals surface area contributed by atoms with E-state index < -0.39 is 5.97 Å². The first-order valence-electron chi connectivity index (χ1n) is 6.85. The molecule has 0 fully saturated rings. The number of carboxylic acids is 1. The number of carbonyl (C=O) groups is 1. The lowest BCUT2D eigenvalue weighted by molar-refractivity contribution is -0.136. The first-order valence-corrected chi connectivity index (χ1v) is 7.61. The third kappa shape index (κ3) is 5.60. The zero-order chi connectivity index (χ0) is 16.7. The number of hydrogen-bond donors (Lipinski definition) is 2. The normalized spacial score (nSPS) is 11.3. The van der Waals surface area contributed by atoms with E-state index in [-0.39, 0.29) is 6.42 Å². The van der Waals surface area contributed by atoms with Gasteiger partial charge in [-0.1, -0.05) is 59.6 Å². The van der Waals surface area contributed by atoms with Crippen molar-refractivity contribution in [3.05, 3.63) is 75.8 Å². The maximum absolute atomic E-state index is 10.8. The molecule has 4 nitrogen and oxygen atoms in total. The molecule has 2 aromatic carbocycles. The summed E-state index contributed by atoms with van der Waals surface area (Å²) in [5.74, 6) is -0.938. The van der Waals surface area contributed by atoms with Crippen LogP contribution >= 0.6 is 23.2 Å². The zero-order valence-corrected chi connectivity index (χ0v) is 13.6. The van der Waals surface area contributed by atoms with Crippen LogP contribution in [0.3, 0.4) is 0 Å². The molecule has 0 radical (unpaired) electrons. The fraction of sp³-hybridized carbons (Fsp3) is 0.118. The van der Waals surface area contributed by atoms with Gasteiger partial charge in [-0.2, -0.15) is 0 Å². The van der Waals surface area contributed by atoms with E-state index in [9.17, 15) is 4.79 Å². The number of rotatable bonds is 7. The second-order valence-electron chi connectivity index (χ2n) is 4.72. The van der Waals surface area contributed by atoms with Gasteiger partial charge in [0, 0.05) is 5.56 Å². The highest BCUT2D eigenvalue weighted by atomic mass is 35.5. The minimum atomic E-state index is -0.938. The van der Waals surface area contributed by atoms with Crippen LogP contribution in [-0.2, 0) is 16.2 Å². The smallest absolute Gasteiger partial charge is 0.307 e. The first kappa shape index (κ1) is 17.3. The second-order valence-corrected chi connectivity index (χ2v) is 5.54. The molecule has 2 aromatic rings. The van der Waals surface area contributed by atoms with E-state index in [1.54, 1.807) is 18.2 Å². The number of benzene rings is 2. The molecule has 0 aliphatic carbocycles. The van der Waals surface area contributed by atoms with Crippen LogP contribution in [0.2, 0.25) is 10.0 Å². The second kappa shape index (κ2) is 8.58. The predicted molar refractivity (Wildman–Crippen MR) is 91.1 cm³/mol. The molecule has 0 aliphatic rings. The van der Waals surface area contributed by atoms with Gasteiger partial charge in [0.05, 0.1) is 28.8 Å². The topological polar surface area (TPSA) is 58.6 Å². The zero-order valence-electron chi connectivity index (χ0n) is 12.1. The summed E-state index contributed by atoms with van der Waals surface area (Å²) < 4.78 is 0. The van der Waals surface area contributed by atoms with Gasteiger partial charge < -0.3 is 5.11 Å². The van der Waals surface area contributed by atoms with Crippen molar-refractivity contribution in [2.24, 2.45) is 0 Å². The Balaban J connectivity index is 2.09. The van der Waals surface area contributed by atoms with Gasteiger partial charge in [0.25, 0.3) is 0 Å². The number of aliphatic carboxylic acids is 1. The Morgan fingerprint density at radius 2 is 1.87 bits per heavy atom. The highest BCUT2D eigenvalue weighted by molar-refractivity contribution is 6.42. The van der Waals surface area contributed by atoms with Crippen LogP contribution < -0.4 is 5.48 Å². The molecular formula is C17H15Cl2NO3. The molecule has 0 saturated carbocycles. The van der Waals surface area contributed by atoms with Gasteiger partial charge in [-0.05, 0) is 23.8 Å². The molecule has 0 spiro atoms. The van der Waals surface area contributed by atoms with Crippen LogP contribution in [0.15, 0.2) is 54.6 Å². The standard InChI is InChI=1S/C17H15Cl2NO3/c18-14-7-6-13(10-15(14)19)16(8-9-17(21)22)20-23-11-12-4-2-1-3-5-12/h1-8,10,20H,9,11H2,(H,21,22). The van der Waals surface area contributed by atoms with Crippen molar-refractivity contribution in [2.45, 2.75) is 13.0 Å². The van der Waals surface area contributed by atoms with Gasteiger partial charge in [-0.25, -0.2) is 0 Å². The molecule has 0 amide bonds. The van der Waals surface area contributed by atoms with Crippen molar-refractivity contribution in [3.63, 3.8) is 0 Å². The summed E-state index contributed by atoms with van der Waals surface area (Å²) in [6, 6.07) is 14.6. The molecule has 0 atom stereocenters. The number of carboxylic acid groups (broad SMARTS) is 1. The summed E-state index contributed by atoms with van der Waals surface area (Å²) in [4.78, 5) is 16.2. The van der Waals surface area contributed by atoms with Crippen LogP contribution in [-0.4, -0.2) is 11.1 Å². The predicted octanol–water partition coefficient (Wildman–Crippen LogP) is 4.53. The lowest BCUT2D eigenvalue weighted by Gasteiger charge is -2.12. The molecule has 2 rings (SSSR count). The van der Waals surface area contributed by atoms with Crippen molar-refractivity contribution < 1.29 is 14.7 Å². The molecule has 6 heteroatoms. The van der Waals surface area contributed by atoms with E-state index in [1.165, 1.54) is 6.08 Å². The number of hydroxylamine groups is 1. The average Bonchev–Trinajstić information content (AvgIpc) is 2.54. The Bertz CT molecular complexity index is 702. The Morgan fingerprint density at radius 1 is 1.13 bits per heavy atom. The van der Waals surface area contributed by atoms with E-state index in [2.05, 4.69) is 5.48 Å². The van der Waals surface area contributed by atoms with Gasteiger partial charge in [-0.3, -0.25) is 15.1 Å². The molecule has 0 aliphatic heterocycles. The quantitative estimate of drug-likeness (QED) is 0.719. The van der Waals surface area contributed by atoms with Gasteiger partial charge in [0.15, 0.2) is 0 Å². The van der Waals surface area contributed by atoms with Crippen LogP contribution in [0, 0.1) is 0 Å². The molecule has 0 bridgehead atoms. The molecule has 120 valence electrons. The van der Waals surface area contributed by atoms with E-state index in [4.69, 9.17) is 33.1 Å². The number of hydrogen-bond acceptors (Lipinski definition) is 3. The molecule has 0 aromatic heterocycles. The van der Waals surface area contributed by atoms with E-state index >= 15 is 0 Å². The lowest BCUT2D eigenvalue weighted by Crippen LogP contribution is -2.13. The molecular weight excluding hydrogens is 337 g/mol. The van der Waals surface area contributed by atoms with Gasteiger partial charge in [0.2, 0.25) is 0 Å². The van der Waals surface area contributed by atoms with Crippen LogP contribution in [0.4, 0.5) is 0 Å². The minimum Gasteiger partial charge on any atom is -0.481 e. The highest BCUT2D eigenvalue weighted by Gasteiger charge is 2.06. The summed E-state index contributed by atoms with van der Waals surface area (Å²) in [5.41, 5.74) is 4.98. The van der Waals surface area contributed by atoms with Crippen LogP contribution in [0.5, 0.6) is 0 Å². The highest BCUT2D eigenvalue weighted by Crippen LogP contribution is 2.25. The van der Waals surface area contributed by atoms with Gasteiger partial charge >= 0.3 is 5.97 Å². The summed E-state index contributed by atoms with van der Waals surface area (Å²) in [7, 11) is 0. The number of nitrogens with one attached hydrogen (secondary N) is 1.